The van der Waals surface area contributed by atoms with Gasteiger partial charge in [0.1, 0.15) is 6.04 Å². The fourth-order valence-corrected chi connectivity index (χ4v) is 2.66. The third kappa shape index (κ3) is 4.35. The average Bonchev–Trinajstić information content (AvgIpc) is 2.44. The standard InChI is InChI=1S/C15H12Cl3NO2/c16-12-6-11(7-13(17)8-12)10-3-1-9(2-4-10)5-14(19-18)15(20)21/h1-4,6-8,14,19H,5H2,(H,20,21). The van der Waals surface area contributed by atoms with Gasteiger partial charge in [-0.3, -0.25) is 4.79 Å². The number of halogens is 3. The molecule has 0 aromatic heterocycles. The third-order valence-electron chi connectivity index (χ3n) is 3.02. The van der Waals surface area contributed by atoms with Crippen LogP contribution >= 0.6 is 35.0 Å². The number of carbonyl (C=O) groups is 1. The molecular weight excluding hydrogens is 333 g/mol. The molecule has 2 N–H and O–H groups in total. The molecule has 2 aromatic rings. The molecule has 6 heteroatoms. The van der Waals surface area contributed by atoms with Gasteiger partial charge in [0, 0.05) is 10.0 Å². The van der Waals surface area contributed by atoms with Crippen LogP contribution in [0.3, 0.4) is 0 Å². The largest absolute Gasteiger partial charge is 0.480 e. The first kappa shape index (κ1) is 16.1. The number of rotatable bonds is 5. The van der Waals surface area contributed by atoms with E-state index < -0.39 is 12.0 Å². The average molecular weight is 345 g/mol. The summed E-state index contributed by atoms with van der Waals surface area (Å²) in [5.74, 6) is -0.990. The Balaban J connectivity index is 2.20. The molecule has 0 radical (unpaired) electrons. The van der Waals surface area contributed by atoms with Gasteiger partial charge in [-0.05, 0) is 53.1 Å². The van der Waals surface area contributed by atoms with Crippen LogP contribution < -0.4 is 4.84 Å². The second-order valence-electron chi connectivity index (χ2n) is 4.56. The summed E-state index contributed by atoms with van der Waals surface area (Å²) in [6.45, 7) is 0. The minimum atomic E-state index is -0.990. The summed E-state index contributed by atoms with van der Waals surface area (Å²) in [6, 6.07) is 12.0. The van der Waals surface area contributed by atoms with Gasteiger partial charge < -0.3 is 5.11 Å². The Hall–Kier alpha value is -1.26. The molecule has 21 heavy (non-hydrogen) atoms. The van der Waals surface area contributed by atoms with Gasteiger partial charge in [0.25, 0.3) is 0 Å². The lowest BCUT2D eigenvalue weighted by Crippen LogP contribution is -2.32. The Morgan fingerprint density at radius 3 is 2.10 bits per heavy atom. The van der Waals surface area contributed by atoms with Crippen LogP contribution in [0.15, 0.2) is 42.5 Å². The summed E-state index contributed by atoms with van der Waals surface area (Å²) >= 11 is 17.4. The van der Waals surface area contributed by atoms with E-state index in [1.165, 1.54) is 0 Å². The van der Waals surface area contributed by atoms with Crippen molar-refractivity contribution < 1.29 is 9.90 Å². The predicted molar refractivity (Wildman–Crippen MR) is 86.0 cm³/mol. The highest BCUT2D eigenvalue weighted by atomic mass is 35.5. The smallest absolute Gasteiger partial charge is 0.322 e. The molecule has 0 saturated carbocycles. The highest BCUT2D eigenvalue weighted by Gasteiger charge is 2.16. The van der Waals surface area contributed by atoms with Crippen molar-refractivity contribution in [3.63, 3.8) is 0 Å². The zero-order valence-electron chi connectivity index (χ0n) is 10.8. The van der Waals surface area contributed by atoms with Gasteiger partial charge in [-0.1, -0.05) is 47.5 Å². The van der Waals surface area contributed by atoms with Crippen LogP contribution in [-0.2, 0) is 11.2 Å². The zero-order chi connectivity index (χ0) is 15.4. The third-order valence-corrected chi connectivity index (χ3v) is 3.72. The number of benzene rings is 2. The van der Waals surface area contributed by atoms with E-state index in [1.807, 2.05) is 36.4 Å². The molecule has 110 valence electrons. The van der Waals surface area contributed by atoms with Crippen LogP contribution in [0.4, 0.5) is 0 Å². The van der Waals surface area contributed by atoms with E-state index >= 15 is 0 Å². The summed E-state index contributed by atoms with van der Waals surface area (Å²) < 4.78 is 0. The molecule has 0 amide bonds. The van der Waals surface area contributed by atoms with Crippen LogP contribution in [0.5, 0.6) is 0 Å². The molecular formula is C15H12Cl3NO2. The lowest BCUT2D eigenvalue weighted by molar-refractivity contribution is -0.138. The molecule has 1 atom stereocenters. The molecule has 3 nitrogen and oxygen atoms in total. The van der Waals surface area contributed by atoms with Crippen molar-refractivity contribution in [2.45, 2.75) is 12.5 Å². The van der Waals surface area contributed by atoms with Crippen LogP contribution in [0.25, 0.3) is 11.1 Å². The lowest BCUT2D eigenvalue weighted by Gasteiger charge is -2.10. The second kappa shape index (κ2) is 7.14. The Morgan fingerprint density at radius 2 is 1.62 bits per heavy atom. The van der Waals surface area contributed by atoms with Crippen LogP contribution in [0, 0.1) is 0 Å². The Labute approximate surface area is 137 Å². The maximum absolute atomic E-state index is 10.9. The maximum atomic E-state index is 10.9. The molecule has 0 spiro atoms. The van der Waals surface area contributed by atoms with Gasteiger partial charge >= 0.3 is 5.97 Å². The number of carboxylic acids is 1. The van der Waals surface area contributed by atoms with Crippen molar-refractivity contribution >= 4 is 40.9 Å². The zero-order valence-corrected chi connectivity index (χ0v) is 13.1. The minimum Gasteiger partial charge on any atom is -0.480 e. The molecule has 0 saturated heterocycles. The summed E-state index contributed by atoms with van der Waals surface area (Å²) in [6.07, 6.45) is 0.301. The summed E-state index contributed by atoms with van der Waals surface area (Å²) in [7, 11) is 0. The summed E-state index contributed by atoms with van der Waals surface area (Å²) in [4.78, 5) is 13.2. The first-order chi connectivity index (χ1) is 9.99. The van der Waals surface area contributed by atoms with Gasteiger partial charge in [0.05, 0.1) is 0 Å². The van der Waals surface area contributed by atoms with E-state index in [0.717, 1.165) is 16.7 Å². The molecule has 0 aliphatic heterocycles. The van der Waals surface area contributed by atoms with Crippen molar-refractivity contribution in [3.05, 3.63) is 58.1 Å². The quantitative estimate of drug-likeness (QED) is 0.790. The monoisotopic (exact) mass is 343 g/mol. The number of hydrogen-bond donors (Lipinski definition) is 2. The van der Waals surface area contributed by atoms with Gasteiger partial charge in [0.2, 0.25) is 0 Å². The number of aliphatic carboxylic acids is 1. The van der Waals surface area contributed by atoms with E-state index in [4.69, 9.17) is 40.1 Å². The SMILES string of the molecule is O=C(O)C(Cc1ccc(-c2cc(Cl)cc(Cl)c2)cc1)NCl. The second-order valence-corrected chi connectivity index (χ2v) is 5.65. The van der Waals surface area contributed by atoms with Crippen molar-refractivity contribution in [2.24, 2.45) is 0 Å². The van der Waals surface area contributed by atoms with E-state index in [-0.39, 0.29) is 0 Å². The van der Waals surface area contributed by atoms with Crippen LogP contribution in [-0.4, -0.2) is 17.1 Å². The van der Waals surface area contributed by atoms with E-state index in [0.29, 0.717) is 16.5 Å². The van der Waals surface area contributed by atoms with Crippen molar-refractivity contribution in [3.8, 4) is 11.1 Å². The van der Waals surface area contributed by atoms with Crippen molar-refractivity contribution in [1.29, 1.82) is 0 Å². The molecule has 0 aliphatic rings. The Kier molecular flexibility index (Phi) is 5.48. The molecule has 2 rings (SSSR count). The molecule has 0 bridgehead atoms. The van der Waals surface area contributed by atoms with Gasteiger partial charge in [0.15, 0.2) is 0 Å². The molecule has 0 heterocycles. The van der Waals surface area contributed by atoms with Gasteiger partial charge in [-0.15, -0.1) is 0 Å². The number of nitrogens with one attached hydrogen (secondary N) is 1. The molecule has 0 aliphatic carbocycles. The van der Waals surface area contributed by atoms with Crippen LogP contribution in [0.2, 0.25) is 10.0 Å². The van der Waals surface area contributed by atoms with Crippen molar-refractivity contribution in [2.75, 3.05) is 0 Å². The number of hydrogen-bond acceptors (Lipinski definition) is 2. The summed E-state index contributed by atoms with van der Waals surface area (Å²) in [5.41, 5.74) is 2.73. The topological polar surface area (TPSA) is 49.3 Å². The van der Waals surface area contributed by atoms with Crippen LogP contribution in [0.1, 0.15) is 5.56 Å². The minimum absolute atomic E-state index is 0.301. The van der Waals surface area contributed by atoms with E-state index in [2.05, 4.69) is 4.84 Å². The Bertz CT molecular complexity index is 624. The fourth-order valence-electron chi connectivity index (χ4n) is 1.96. The molecule has 0 fully saturated rings. The van der Waals surface area contributed by atoms with E-state index in [9.17, 15) is 4.79 Å². The van der Waals surface area contributed by atoms with Gasteiger partial charge in [-0.2, -0.15) is 0 Å². The fraction of sp³-hybridized carbons (Fsp3) is 0.133. The first-order valence-electron chi connectivity index (χ1n) is 6.14. The highest BCUT2D eigenvalue weighted by Crippen LogP contribution is 2.27. The maximum Gasteiger partial charge on any atom is 0.322 e. The Morgan fingerprint density at radius 1 is 1.05 bits per heavy atom. The summed E-state index contributed by atoms with van der Waals surface area (Å²) in [5, 5.41) is 10.1. The number of carboxylic acid groups (broad SMARTS) is 1. The first-order valence-corrected chi connectivity index (χ1v) is 7.27. The lowest BCUT2D eigenvalue weighted by atomic mass is 10.0. The normalized spacial score (nSPS) is 12.1. The van der Waals surface area contributed by atoms with Crippen molar-refractivity contribution in [1.82, 2.24) is 4.84 Å². The van der Waals surface area contributed by atoms with E-state index in [1.54, 1.807) is 6.07 Å². The predicted octanol–water partition coefficient (Wildman–Crippen LogP) is 4.40. The van der Waals surface area contributed by atoms with Gasteiger partial charge in [-0.25, -0.2) is 4.84 Å². The molecule has 2 aromatic carbocycles. The molecule has 1 unspecified atom stereocenters. The highest BCUT2D eigenvalue weighted by molar-refractivity contribution is 6.35.